The fraction of sp³-hybridized carbons (Fsp3) is 0.111. The zero-order chi connectivity index (χ0) is 9.97. The van der Waals surface area contributed by atoms with E-state index in [1.807, 2.05) is 24.3 Å². The van der Waals surface area contributed by atoms with Crippen LogP contribution in [0, 0.1) is 5.21 Å². The molecule has 0 saturated heterocycles. The maximum Gasteiger partial charge on any atom is 0.273 e. The van der Waals surface area contributed by atoms with Gasteiger partial charge < -0.3 is 15.0 Å². The van der Waals surface area contributed by atoms with Crippen molar-refractivity contribution in [3.05, 3.63) is 35.7 Å². The zero-order valence-corrected chi connectivity index (χ0v) is 7.60. The maximum atomic E-state index is 11.3. The first kappa shape index (κ1) is 8.55. The molecule has 72 valence electrons. The molecule has 0 aliphatic heterocycles. The summed E-state index contributed by atoms with van der Waals surface area (Å²) in [6, 6.07) is 7.49. The lowest BCUT2D eigenvalue weighted by molar-refractivity contribution is -0.475. The van der Waals surface area contributed by atoms with Gasteiger partial charge in [0.15, 0.2) is 0 Å². The number of H-pyrrole nitrogens is 1. The molecule has 14 heavy (non-hydrogen) atoms. The van der Waals surface area contributed by atoms with E-state index < -0.39 is 0 Å². The number of aromatic amines is 1. The van der Waals surface area contributed by atoms with Gasteiger partial charge in [-0.05, 0) is 17.0 Å². The van der Waals surface area contributed by atoms with Crippen LogP contribution in [0.3, 0.4) is 0 Å². The summed E-state index contributed by atoms with van der Waals surface area (Å²) in [4.78, 5) is 7.81. The van der Waals surface area contributed by atoms with Crippen LogP contribution >= 0.6 is 0 Å². The van der Waals surface area contributed by atoms with Crippen molar-refractivity contribution < 1.29 is 9.70 Å². The molecular weight excluding hydrogens is 182 g/mol. The standard InChI is InChI=1S/C9H9N3O2/c1-14-11-12(13)9-6-10-8-5-3-2-4-7(8)9/h2-6,10H,1H3/b12-11-. The van der Waals surface area contributed by atoms with Gasteiger partial charge in [0.2, 0.25) is 5.28 Å². The topological polar surface area (TPSA) is 63.4 Å². The van der Waals surface area contributed by atoms with Crippen LogP contribution in [0.4, 0.5) is 5.69 Å². The van der Waals surface area contributed by atoms with Gasteiger partial charge in [-0.15, -0.1) is 0 Å². The minimum atomic E-state index is 0.443. The van der Waals surface area contributed by atoms with Gasteiger partial charge in [0.25, 0.3) is 5.69 Å². The Bertz CT molecular complexity index is 476. The van der Waals surface area contributed by atoms with Crippen molar-refractivity contribution in [2.45, 2.75) is 0 Å². The van der Waals surface area contributed by atoms with Crippen LogP contribution in [-0.4, -0.2) is 17.0 Å². The van der Waals surface area contributed by atoms with Crippen LogP contribution in [-0.2, 0) is 4.84 Å². The predicted octanol–water partition coefficient (Wildman–Crippen LogP) is 2.32. The van der Waals surface area contributed by atoms with E-state index in [0.29, 0.717) is 10.5 Å². The summed E-state index contributed by atoms with van der Waals surface area (Å²) in [5, 5.41) is 15.4. The molecule has 1 N–H and O–H groups in total. The van der Waals surface area contributed by atoms with Crippen molar-refractivity contribution in [1.82, 2.24) is 4.98 Å². The van der Waals surface area contributed by atoms with E-state index in [9.17, 15) is 5.21 Å². The van der Waals surface area contributed by atoms with Gasteiger partial charge in [0, 0.05) is 0 Å². The second-order valence-corrected chi connectivity index (χ2v) is 2.76. The molecule has 0 fully saturated rings. The average Bonchev–Trinajstić information content (AvgIpc) is 2.61. The molecule has 1 aromatic carbocycles. The lowest BCUT2D eigenvalue weighted by Gasteiger charge is -1.94. The monoisotopic (exact) mass is 191 g/mol. The fourth-order valence-corrected chi connectivity index (χ4v) is 1.33. The van der Waals surface area contributed by atoms with Crippen LogP contribution in [0.15, 0.2) is 35.7 Å². The third-order valence-electron chi connectivity index (χ3n) is 1.93. The third kappa shape index (κ3) is 1.28. The van der Waals surface area contributed by atoms with E-state index in [4.69, 9.17) is 0 Å². The summed E-state index contributed by atoms with van der Waals surface area (Å²) in [6.45, 7) is 0. The van der Waals surface area contributed by atoms with Gasteiger partial charge >= 0.3 is 0 Å². The van der Waals surface area contributed by atoms with Crippen molar-refractivity contribution in [3.8, 4) is 0 Å². The Hall–Kier alpha value is -2.04. The average molecular weight is 191 g/mol. The molecule has 0 aliphatic carbocycles. The highest BCUT2D eigenvalue weighted by Gasteiger charge is 2.11. The number of aromatic nitrogens is 1. The Morgan fingerprint density at radius 3 is 3.00 bits per heavy atom. The molecule has 0 aliphatic rings. The number of hydrogen-bond donors (Lipinski definition) is 1. The van der Waals surface area contributed by atoms with Gasteiger partial charge in [-0.25, -0.2) is 0 Å². The van der Waals surface area contributed by atoms with Gasteiger partial charge in [0.05, 0.1) is 17.1 Å². The second-order valence-electron chi connectivity index (χ2n) is 2.76. The molecule has 0 unspecified atom stereocenters. The van der Waals surface area contributed by atoms with Gasteiger partial charge in [-0.1, -0.05) is 12.1 Å². The molecule has 1 aromatic heterocycles. The number of para-hydroxylation sites is 1. The Morgan fingerprint density at radius 2 is 2.21 bits per heavy atom. The van der Waals surface area contributed by atoms with E-state index >= 15 is 0 Å². The van der Waals surface area contributed by atoms with Gasteiger partial charge in [-0.2, -0.15) is 0 Å². The Kier molecular flexibility index (Phi) is 2.06. The van der Waals surface area contributed by atoms with Crippen LogP contribution in [0.2, 0.25) is 0 Å². The van der Waals surface area contributed by atoms with Crippen molar-refractivity contribution in [1.29, 1.82) is 0 Å². The summed E-state index contributed by atoms with van der Waals surface area (Å²) in [5.74, 6) is 0. The molecule has 0 atom stereocenters. The first-order valence-electron chi connectivity index (χ1n) is 4.10. The molecule has 2 rings (SSSR count). The van der Waals surface area contributed by atoms with Gasteiger partial charge in [0.1, 0.15) is 7.11 Å². The number of benzene rings is 1. The summed E-state index contributed by atoms with van der Waals surface area (Å²) < 4.78 is 0. The smallest absolute Gasteiger partial charge is 0.273 e. The molecule has 0 spiro atoms. The first-order chi connectivity index (χ1) is 6.83. The number of nitrogens with zero attached hydrogens (tertiary/aromatic N) is 2. The molecule has 5 heteroatoms. The minimum Gasteiger partial charge on any atom is -0.592 e. The molecular formula is C9H9N3O2. The largest absolute Gasteiger partial charge is 0.592 e. The Labute approximate surface area is 80.2 Å². The lowest BCUT2D eigenvalue weighted by atomic mass is 10.2. The normalized spacial score (nSPS) is 11.9. The van der Waals surface area contributed by atoms with Crippen molar-refractivity contribution >= 4 is 16.6 Å². The summed E-state index contributed by atoms with van der Waals surface area (Å²) in [6.07, 6.45) is 1.60. The molecule has 0 saturated carbocycles. The predicted molar refractivity (Wildman–Crippen MR) is 51.0 cm³/mol. The van der Waals surface area contributed by atoms with Crippen LogP contribution < -0.4 is 0 Å². The van der Waals surface area contributed by atoms with Crippen molar-refractivity contribution in [2.24, 2.45) is 5.28 Å². The van der Waals surface area contributed by atoms with Gasteiger partial charge in [-0.3, -0.25) is 0 Å². The van der Waals surface area contributed by atoms with E-state index in [0.717, 1.165) is 10.9 Å². The van der Waals surface area contributed by atoms with Crippen molar-refractivity contribution in [3.63, 3.8) is 0 Å². The number of hydrogen-bond acceptors (Lipinski definition) is 3. The van der Waals surface area contributed by atoms with E-state index in [-0.39, 0.29) is 0 Å². The summed E-state index contributed by atoms with van der Waals surface area (Å²) in [7, 11) is 1.33. The Morgan fingerprint density at radius 1 is 1.43 bits per heavy atom. The zero-order valence-electron chi connectivity index (χ0n) is 7.60. The molecule has 0 radical (unpaired) electrons. The number of fused-ring (bicyclic) bond motifs is 1. The van der Waals surface area contributed by atoms with Crippen LogP contribution in [0.5, 0.6) is 0 Å². The molecule has 0 bridgehead atoms. The van der Waals surface area contributed by atoms with Crippen LogP contribution in [0.1, 0.15) is 0 Å². The highest BCUT2D eigenvalue weighted by molar-refractivity contribution is 5.88. The highest BCUT2D eigenvalue weighted by atomic mass is 16.7. The number of nitrogens with one attached hydrogen (secondary N) is 1. The number of rotatable bonds is 2. The van der Waals surface area contributed by atoms with Crippen molar-refractivity contribution in [2.75, 3.05) is 7.11 Å². The lowest BCUT2D eigenvalue weighted by Crippen LogP contribution is -1.90. The Balaban J connectivity index is 2.58. The molecule has 5 nitrogen and oxygen atoms in total. The first-order valence-corrected chi connectivity index (χ1v) is 4.10. The highest BCUT2D eigenvalue weighted by Crippen LogP contribution is 2.24. The van der Waals surface area contributed by atoms with E-state index in [1.54, 1.807) is 6.20 Å². The molecule has 0 amide bonds. The quantitative estimate of drug-likeness (QED) is 0.449. The summed E-state index contributed by atoms with van der Waals surface area (Å²) in [5.41, 5.74) is 1.34. The van der Waals surface area contributed by atoms with Crippen LogP contribution in [0.25, 0.3) is 10.9 Å². The van der Waals surface area contributed by atoms with E-state index in [2.05, 4.69) is 15.1 Å². The maximum absolute atomic E-state index is 11.3. The minimum absolute atomic E-state index is 0.443. The molecule has 2 aromatic rings. The second kappa shape index (κ2) is 3.37. The molecule has 1 heterocycles. The SMILES string of the molecule is CO/N=[N+](\[O-])c1c[nH]c2ccccc12. The third-order valence-corrected chi connectivity index (χ3v) is 1.93. The summed E-state index contributed by atoms with van der Waals surface area (Å²) >= 11 is 0. The fourth-order valence-electron chi connectivity index (χ4n) is 1.33. The van der Waals surface area contributed by atoms with E-state index in [1.165, 1.54) is 7.11 Å².